The molecule has 0 aliphatic carbocycles. The van der Waals surface area contributed by atoms with E-state index in [-0.39, 0.29) is 5.56 Å². The smallest absolute Gasteiger partial charge is 0.291 e. The van der Waals surface area contributed by atoms with Gasteiger partial charge in [-0.15, -0.1) is 5.10 Å². The summed E-state index contributed by atoms with van der Waals surface area (Å²) in [5.74, 6) is 1.68. The second kappa shape index (κ2) is 7.27. The largest absolute Gasteiger partial charge is 0.493 e. The lowest BCUT2D eigenvalue weighted by Gasteiger charge is -2.07. The van der Waals surface area contributed by atoms with Crippen molar-refractivity contribution in [3.05, 3.63) is 81.1 Å². The fourth-order valence-electron chi connectivity index (χ4n) is 3.45. The van der Waals surface area contributed by atoms with Crippen LogP contribution in [0.15, 0.2) is 65.5 Å². The van der Waals surface area contributed by atoms with Gasteiger partial charge in [0.05, 0.1) is 18.8 Å². The van der Waals surface area contributed by atoms with Gasteiger partial charge in [-0.1, -0.05) is 53.8 Å². The molecule has 2 heterocycles. The number of aromatic nitrogens is 3. The molecule has 7 heteroatoms. The molecule has 0 aliphatic heterocycles. The first-order chi connectivity index (χ1) is 14.7. The van der Waals surface area contributed by atoms with Crippen molar-refractivity contribution in [1.29, 1.82) is 0 Å². The predicted molar refractivity (Wildman–Crippen MR) is 118 cm³/mol. The average molecular weight is 415 g/mol. The van der Waals surface area contributed by atoms with Gasteiger partial charge >= 0.3 is 0 Å². The molecule has 0 radical (unpaired) electrons. The predicted octanol–water partition coefficient (Wildman–Crippen LogP) is 3.54. The van der Waals surface area contributed by atoms with E-state index in [4.69, 9.17) is 9.47 Å². The van der Waals surface area contributed by atoms with Crippen molar-refractivity contribution in [2.45, 2.75) is 0 Å². The Morgan fingerprint density at radius 3 is 2.57 bits per heavy atom. The minimum Gasteiger partial charge on any atom is -0.493 e. The maximum atomic E-state index is 12.9. The van der Waals surface area contributed by atoms with E-state index >= 15 is 0 Å². The van der Waals surface area contributed by atoms with Crippen LogP contribution < -0.4 is 19.6 Å². The monoisotopic (exact) mass is 415 g/mol. The molecule has 5 aromatic rings. The molecule has 3 aromatic carbocycles. The second-order valence-electron chi connectivity index (χ2n) is 6.68. The Morgan fingerprint density at radius 2 is 1.77 bits per heavy atom. The molecular formula is C23H17N3O3S. The van der Waals surface area contributed by atoms with E-state index in [0.717, 1.165) is 21.9 Å². The van der Waals surface area contributed by atoms with Crippen LogP contribution in [0, 0.1) is 0 Å². The quantitative estimate of drug-likeness (QED) is 0.449. The Labute approximate surface area is 175 Å². The lowest BCUT2D eigenvalue weighted by molar-refractivity contribution is 0.355. The lowest BCUT2D eigenvalue weighted by Crippen LogP contribution is -2.23. The van der Waals surface area contributed by atoms with Gasteiger partial charge in [0.25, 0.3) is 5.56 Å². The van der Waals surface area contributed by atoms with Gasteiger partial charge in [-0.2, -0.15) is 9.50 Å². The van der Waals surface area contributed by atoms with E-state index in [2.05, 4.69) is 28.3 Å². The van der Waals surface area contributed by atoms with Crippen LogP contribution >= 0.6 is 11.3 Å². The van der Waals surface area contributed by atoms with Gasteiger partial charge in [0.15, 0.2) is 17.3 Å². The number of thiazole rings is 1. The molecule has 0 saturated carbocycles. The first-order valence-corrected chi connectivity index (χ1v) is 10.1. The van der Waals surface area contributed by atoms with Crippen LogP contribution in [0.5, 0.6) is 11.5 Å². The van der Waals surface area contributed by atoms with Crippen LogP contribution in [-0.4, -0.2) is 28.8 Å². The summed E-state index contributed by atoms with van der Waals surface area (Å²) in [7, 11) is 3.16. The fraction of sp³-hybridized carbons (Fsp3) is 0.0870. The molecule has 148 valence electrons. The number of fused-ring (bicyclic) bond motifs is 2. The van der Waals surface area contributed by atoms with Gasteiger partial charge in [0.2, 0.25) is 4.96 Å². The van der Waals surface area contributed by atoms with Gasteiger partial charge in [0, 0.05) is 5.56 Å². The molecule has 2 aromatic heterocycles. The molecule has 0 aliphatic rings. The van der Waals surface area contributed by atoms with Gasteiger partial charge in [0.1, 0.15) is 0 Å². The van der Waals surface area contributed by atoms with Crippen LogP contribution in [-0.2, 0) is 0 Å². The molecule has 0 N–H and O–H groups in total. The highest BCUT2D eigenvalue weighted by Crippen LogP contribution is 2.31. The standard InChI is InChI=1S/C23H17N3O3S/c1-28-18-11-10-16(12-19(18)29-2)21-24-23-26(25-21)22(27)20(30-23)13-15-8-5-7-14-6-3-4-9-17(14)15/h3-13H,1-2H3. The van der Waals surface area contributed by atoms with Gasteiger partial charge in [-0.05, 0) is 40.6 Å². The topological polar surface area (TPSA) is 65.7 Å². The zero-order valence-corrected chi connectivity index (χ0v) is 17.1. The molecule has 0 bridgehead atoms. The van der Waals surface area contributed by atoms with Crippen LogP contribution in [0.2, 0.25) is 0 Å². The van der Waals surface area contributed by atoms with Crippen LogP contribution in [0.4, 0.5) is 0 Å². The summed E-state index contributed by atoms with van der Waals surface area (Å²) in [4.78, 5) is 18.0. The summed E-state index contributed by atoms with van der Waals surface area (Å²) in [6.07, 6.45) is 1.90. The van der Waals surface area contributed by atoms with E-state index in [0.29, 0.717) is 26.8 Å². The highest BCUT2D eigenvalue weighted by molar-refractivity contribution is 7.15. The highest BCUT2D eigenvalue weighted by Gasteiger charge is 2.14. The maximum absolute atomic E-state index is 12.9. The van der Waals surface area contributed by atoms with Gasteiger partial charge in [-0.3, -0.25) is 4.79 Å². The first-order valence-electron chi connectivity index (χ1n) is 9.29. The fourth-order valence-corrected chi connectivity index (χ4v) is 4.35. The van der Waals surface area contributed by atoms with Crippen LogP contribution in [0.3, 0.4) is 0 Å². The zero-order valence-electron chi connectivity index (χ0n) is 16.3. The number of rotatable bonds is 4. The SMILES string of the molecule is COc1ccc(-c2nc3sc(=Cc4cccc5ccccc45)c(=O)n3n2)cc1OC. The summed E-state index contributed by atoms with van der Waals surface area (Å²) in [5.41, 5.74) is 1.57. The summed E-state index contributed by atoms with van der Waals surface area (Å²) in [6, 6.07) is 19.6. The van der Waals surface area contributed by atoms with E-state index in [9.17, 15) is 4.79 Å². The third-order valence-corrected chi connectivity index (χ3v) is 5.89. The van der Waals surface area contributed by atoms with E-state index in [1.807, 2.05) is 36.4 Å². The number of ether oxygens (including phenoxy) is 2. The normalized spacial score (nSPS) is 12.0. The van der Waals surface area contributed by atoms with Crippen LogP contribution in [0.1, 0.15) is 5.56 Å². The Morgan fingerprint density at radius 1 is 0.967 bits per heavy atom. The van der Waals surface area contributed by atoms with Crippen molar-refractivity contribution >= 4 is 33.1 Å². The molecule has 0 spiro atoms. The molecular weight excluding hydrogens is 398 g/mol. The lowest BCUT2D eigenvalue weighted by atomic mass is 10.0. The van der Waals surface area contributed by atoms with Gasteiger partial charge in [-0.25, -0.2) is 0 Å². The van der Waals surface area contributed by atoms with Crippen molar-refractivity contribution in [1.82, 2.24) is 14.6 Å². The molecule has 5 rings (SSSR count). The third-order valence-electron chi connectivity index (χ3n) is 4.93. The molecule has 0 amide bonds. The van der Waals surface area contributed by atoms with Crippen molar-refractivity contribution in [2.75, 3.05) is 14.2 Å². The molecule has 0 fully saturated rings. The third kappa shape index (κ3) is 3.00. The molecule has 0 saturated heterocycles. The minimum absolute atomic E-state index is 0.179. The number of hydrogen-bond donors (Lipinski definition) is 0. The second-order valence-corrected chi connectivity index (χ2v) is 7.69. The maximum Gasteiger partial charge on any atom is 0.291 e. The Bertz CT molecular complexity index is 1500. The van der Waals surface area contributed by atoms with Crippen molar-refractivity contribution < 1.29 is 9.47 Å². The minimum atomic E-state index is -0.179. The van der Waals surface area contributed by atoms with Gasteiger partial charge < -0.3 is 9.47 Å². The van der Waals surface area contributed by atoms with E-state index in [1.165, 1.54) is 15.9 Å². The Balaban J connectivity index is 1.61. The Hall–Kier alpha value is -3.71. The van der Waals surface area contributed by atoms with Crippen molar-refractivity contribution in [3.8, 4) is 22.9 Å². The van der Waals surface area contributed by atoms with E-state index < -0.39 is 0 Å². The molecule has 0 unspecified atom stereocenters. The molecule has 6 nitrogen and oxygen atoms in total. The first kappa shape index (κ1) is 18.3. The summed E-state index contributed by atoms with van der Waals surface area (Å²) in [6.45, 7) is 0. The summed E-state index contributed by atoms with van der Waals surface area (Å²) >= 11 is 1.33. The molecule has 30 heavy (non-hydrogen) atoms. The average Bonchev–Trinajstić information content (AvgIpc) is 3.33. The number of methoxy groups -OCH3 is 2. The van der Waals surface area contributed by atoms with Crippen molar-refractivity contribution in [3.63, 3.8) is 0 Å². The van der Waals surface area contributed by atoms with Crippen molar-refractivity contribution in [2.24, 2.45) is 0 Å². The zero-order chi connectivity index (χ0) is 20.7. The highest BCUT2D eigenvalue weighted by atomic mass is 32.1. The number of nitrogens with zero attached hydrogens (tertiary/aromatic N) is 3. The molecule has 0 atom stereocenters. The summed E-state index contributed by atoms with van der Waals surface area (Å²) in [5, 5.41) is 6.66. The summed E-state index contributed by atoms with van der Waals surface area (Å²) < 4.78 is 12.6. The van der Waals surface area contributed by atoms with Crippen LogP contribution in [0.25, 0.3) is 33.2 Å². The van der Waals surface area contributed by atoms with E-state index in [1.54, 1.807) is 26.4 Å². The number of hydrogen-bond acceptors (Lipinski definition) is 6. The Kier molecular flexibility index (Phi) is 4.44. The number of benzene rings is 3.